The number of methoxy groups -OCH3 is 1. The average molecular weight is 317 g/mol. The van der Waals surface area contributed by atoms with Gasteiger partial charge >= 0.3 is 6.03 Å². The minimum atomic E-state index is -0.125. The smallest absolute Gasteiger partial charge is 0.317 e. The van der Waals surface area contributed by atoms with Gasteiger partial charge in [-0.2, -0.15) is 0 Å². The highest BCUT2D eigenvalue weighted by molar-refractivity contribution is 5.80. The Morgan fingerprint density at radius 3 is 2.65 bits per heavy atom. The molecule has 0 radical (unpaired) electrons. The number of nitrogens with one attached hydrogen (secondary N) is 2. The van der Waals surface area contributed by atoms with E-state index in [1.165, 1.54) is 0 Å². The summed E-state index contributed by atoms with van der Waals surface area (Å²) in [6, 6.07) is 7.25. The van der Waals surface area contributed by atoms with E-state index in [1.54, 1.807) is 12.0 Å². The summed E-state index contributed by atoms with van der Waals surface area (Å²) < 4.78 is 5.20. The number of ether oxygens (including phenoxy) is 1. The molecule has 6 heteroatoms. The van der Waals surface area contributed by atoms with Gasteiger partial charge in [0.05, 0.1) is 7.11 Å². The molecule has 0 fully saturated rings. The largest absolute Gasteiger partial charge is 0.497 e. The number of rotatable bonds is 6. The molecule has 1 aromatic heterocycles. The van der Waals surface area contributed by atoms with Crippen molar-refractivity contribution in [1.82, 2.24) is 15.2 Å². The maximum absolute atomic E-state index is 12.1. The van der Waals surface area contributed by atoms with E-state index in [2.05, 4.69) is 10.3 Å². The molecule has 2 amide bonds. The van der Waals surface area contributed by atoms with Gasteiger partial charge in [-0.1, -0.05) is 0 Å². The Morgan fingerprint density at radius 2 is 2.00 bits per heavy atom. The van der Waals surface area contributed by atoms with Crippen LogP contribution in [0.4, 0.5) is 4.79 Å². The third kappa shape index (κ3) is 4.03. The maximum Gasteiger partial charge on any atom is 0.317 e. The summed E-state index contributed by atoms with van der Waals surface area (Å²) in [5.74, 6) is 0.741. The topological polar surface area (TPSA) is 74.4 Å². The predicted molar refractivity (Wildman–Crippen MR) is 91.1 cm³/mol. The second kappa shape index (κ2) is 7.67. The van der Waals surface area contributed by atoms with Gasteiger partial charge in [-0.05, 0) is 44.5 Å². The van der Waals surface area contributed by atoms with Crippen molar-refractivity contribution in [2.45, 2.75) is 20.3 Å². The van der Waals surface area contributed by atoms with Crippen LogP contribution in [0.1, 0.15) is 19.4 Å². The number of hydrogen-bond donors (Lipinski definition) is 2. The molecular weight excluding hydrogens is 294 g/mol. The van der Waals surface area contributed by atoms with Crippen LogP contribution in [0, 0.1) is 0 Å². The minimum absolute atomic E-state index is 0.103. The second-order valence-electron chi connectivity index (χ2n) is 5.23. The zero-order valence-electron chi connectivity index (χ0n) is 13.8. The van der Waals surface area contributed by atoms with Crippen molar-refractivity contribution in [3.8, 4) is 5.75 Å². The Labute approximate surface area is 135 Å². The molecule has 0 saturated carbocycles. The molecule has 1 heterocycles. The van der Waals surface area contributed by atoms with E-state index in [-0.39, 0.29) is 11.6 Å². The van der Waals surface area contributed by atoms with Gasteiger partial charge < -0.3 is 19.9 Å². The molecule has 2 aromatic rings. The highest BCUT2D eigenvalue weighted by Gasteiger charge is 2.09. The first-order chi connectivity index (χ1) is 11.1. The fraction of sp³-hybridized carbons (Fsp3) is 0.412. The molecule has 2 N–H and O–H groups in total. The number of H-pyrrole nitrogens is 1. The summed E-state index contributed by atoms with van der Waals surface area (Å²) in [4.78, 5) is 28.6. The van der Waals surface area contributed by atoms with Crippen molar-refractivity contribution < 1.29 is 9.53 Å². The Hall–Kier alpha value is -2.50. The molecule has 0 atom stereocenters. The zero-order chi connectivity index (χ0) is 16.8. The lowest BCUT2D eigenvalue weighted by molar-refractivity contribution is 0.203. The van der Waals surface area contributed by atoms with E-state index < -0.39 is 0 Å². The lowest BCUT2D eigenvalue weighted by Crippen LogP contribution is -2.40. The summed E-state index contributed by atoms with van der Waals surface area (Å²) in [7, 11) is 1.61. The van der Waals surface area contributed by atoms with Gasteiger partial charge in [-0.25, -0.2) is 4.79 Å². The first-order valence-corrected chi connectivity index (χ1v) is 7.81. The number of fused-ring (bicyclic) bond motifs is 1. The van der Waals surface area contributed by atoms with Crippen LogP contribution in [-0.4, -0.2) is 42.7 Å². The SMILES string of the molecule is CCN(CC)C(=O)NCCc1cc2cc(OC)ccc2[nH]c1=O. The Morgan fingerprint density at radius 1 is 1.26 bits per heavy atom. The molecule has 0 aliphatic rings. The van der Waals surface area contributed by atoms with Crippen LogP contribution in [0.3, 0.4) is 0 Å². The van der Waals surface area contributed by atoms with Crippen LogP contribution < -0.4 is 15.6 Å². The van der Waals surface area contributed by atoms with E-state index in [4.69, 9.17) is 4.74 Å². The fourth-order valence-corrected chi connectivity index (χ4v) is 2.47. The standard InChI is InChI=1S/C17H23N3O3/c1-4-20(5-2)17(22)18-9-8-12-10-13-11-14(23-3)6-7-15(13)19-16(12)21/h6-7,10-11H,4-5,8-9H2,1-3H3,(H,18,22)(H,19,21). The Kier molecular flexibility index (Phi) is 5.62. The van der Waals surface area contributed by atoms with E-state index in [0.29, 0.717) is 31.6 Å². The highest BCUT2D eigenvalue weighted by atomic mass is 16.5. The molecule has 6 nitrogen and oxygen atoms in total. The molecule has 0 unspecified atom stereocenters. The van der Waals surface area contributed by atoms with Gasteiger partial charge in [0.25, 0.3) is 5.56 Å². The highest BCUT2D eigenvalue weighted by Crippen LogP contribution is 2.18. The number of urea groups is 1. The van der Waals surface area contributed by atoms with E-state index in [1.807, 2.05) is 38.1 Å². The van der Waals surface area contributed by atoms with Crippen LogP contribution in [0.2, 0.25) is 0 Å². The number of carbonyl (C=O) groups is 1. The molecule has 0 saturated heterocycles. The van der Waals surface area contributed by atoms with Crippen LogP contribution in [0.5, 0.6) is 5.75 Å². The molecule has 2 rings (SSSR count). The van der Waals surface area contributed by atoms with Gasteiger partial charge in [0, 0.05) is 36.1 Å². The third-order valence-electron chi connectivity index (χ3n) is 3.85. The average Bonchev–Trinajstić information content (AvgIpc) is 2.56. The summed E-state index contributed by atoms with van der Waals surface area (Å²) in [5, 5.41) is 3.75. The van der Waals surface area contributed by atoms with Crippen molar-refractivity contribution in [2.24, 2.45) is 0 Å². The van der Waals surface area contributed by atoms with E-state index in [0.717, 1.165) is 16.7 Å². The molecule has 0 bridgehead atoms. The zero-order valence-corrected chi connectivity index (χ0v) is 13.8. The van der Waals surface area contributed by atoms with Gasteiger partial charge in [0.15, 0.2) is 0 Å². The van der Waals surface area contributed by atoms with Gasteiger partial charge in [0.2, 0.25) is 0 Å². The monoisotopic (exact) mass is 317 g/mol. The minimum Gasteiger partial charge on any atom is -0.497 e. The van der Waals surface area contributed by atoms with E-state index in [9.17, 15) is 9.59 Å². The molecule has 0 spiro atoms. The Balaban J connectivity index is 2.09. The van der Waals surface area contributed by atoms with Gasteiger partial charge in [0.1, 0.15) is 5.75 Å². The predicted octanol–water partition coefficient (Wildman–Crippen LogP) is 2.13. The number of pyridine rings is 1. The maximum atomic E-state index is 12.1. The lowest BCUT2D eigenvalue weighted by Gasteiger charge is -2.19. The summed E-state index contributed by atoms with van der Waals surface area (Å²) in [5.41, 5.74) is 1.29. The molecule has 1 aromatic carbocycles. The molecule has 0 aliphatic heterocycles. The van der Waals surface area contributed by atoms with Crippen LogP contribution >= 0.6 is 0 Å². The van der Waals surface area contributed by atoms with Crippen molar-refractivity contribution in [2.75, 3.05) is 26.7 Å². The van der Waals surface area contributed by atoms with Crippen molar-refractivity contribution in [3.63, 3.8) is 0 Å². The third-order valence-corrected chi connectivity index (χ3v) is 3.85. The van der Waals surface area contributed by atoms with Gasteiger partial charge in [-0.3, -0.25) is 4.79 Å². The van der Waals surface area contributed by atoms with Crippen LogP contribution in [0.15, 0.2) is 29.1 Å². The van der Waals surface area contributed by atoms with Crippen LogP contribution in [-0.2, 0) is 6.42 Å². The van der Waals surface area contributed by atoms with Gasteiger partial charge in [-0.15, -0.1) is 0 Å². The second-order valence-corrected chi connectivity index (χ2v) is 5.23. The number of amides is 2. The van der Waals surface area contributed by atoms with Crippen molar-refractivity contribution in [3.05, 3.63) is 40.2 Å². The number of nitrogens with zero attached hydrogens (tertiary/aromatic N) is 1. The number of carbonyl (C=O) groups excluding carboxylic acids is 1. The number of aromatic nitrogens is 1. The van der Waals surface area contributed by atoms with E-state index >= 15 is 0 Å². The quantitative estimate of drug-likeness (QED) is 0.857. The Bertz CT molecular complexity index is 735. The fourth-order valence-electron chi connectivity index (χ4n) is 2.47. The molecule has 124 valence electrons. The summed E-state index contributed by atoms with van der Waals surface area (Å²) >= 11 is 0. The first kappa shape index (κ1) is 16.9. The number of hydrogen-bond acceptors (Lipinski definition) is 3. The summed E-state index contributed by atoms with van der Waals surface area (Å²) in [6.45, 7) is 5.63. The number of benzene rings is 1. The summed E-state index contributed by atoms with van der Waals surface area (Å²) in [6.07, 6.45) is 0.482. The van der Waals surface area contributed by atoms with Crippen molar-refractivity contribution >= 4 is 16.9 Å². The molecular formula is C17H23N3O3. The molecule has 23 heavy (non-hydrogen) atoms. The number of aromatic amines is 1. The van der Waals surface area contributed by atoms with Crippen LogP contribution in [0.25, 0.3) is 10.9 Å². The normalized spacial score (nSPS) is 10.6. The first-order valence-electron chi connectivity index (χ1n) is 7.81. The van der Waals surface area contributed by atoms with Crippen molar-refractivity contribution in [1.29, 1.82) is 0 Å². The lowest BCUT2D eigenvalue weighted by atomic mass is 10.1. The molecule has 0 aliphatic carbocycles.